The average molecular weight is 362 g/mol. The fraction of sp³-hybridized carbons (Fsp3) is 0.235. The number of para-hydroxylation sites is 1. The number of fused-ring (bicyclic) bond motifs is 3. The molecule has 0 unspecified atom stereocenters. The second-order valence-corrected chi connectivity index (χ2v) is 7.56. The number of nitrogens with one attached hydrogen (secondary N) is 1. The zero-order chi connectivity index (χ0) is 15.9. The number of methoxy groups -OCH3 is 1. The number of anilines is 1. The Morgan fingerprint density at radius 2 is 1.91 bits per heavy atom. The number of rotatable bonds is 3. The molecule has 0 saturated heterocycles. The van der Waals surface area contributed by atoms with Gasteiger partial charge in [0.25, 0.3) is 0 Å². The molecule has 1 N–H and O–H groups in total. The van der Waals surface area contributed by atoms with E-state index in [1.807, 2.05) is 30.3 Å². The molecule has 0 aliphatic carbocycles. The van der Waals surface area contributed by atoms with Crippen LogP contribution in [0.15, 0.2) is 40.8 Å². The molecule has 2 aromatic carbocycles. The highest BCUT2D eigenvalue weighted by atomic mass is 79.9. The summed E-state index contributed by atoms with van der Waals surface area (Å²) in [5, 5.41) is 4.85. The van der Waals surface area contributed by atoms with Crippen molar-refractivity contribution in [2.75, 3.05) is 12.4 Å². The molecule has 5 heteroatoms. The zero-order valence-electron chi connectivity index (χ0n) is 12.6. The van der Waals surface area contributed by atoms with Gasteiger partial charge in [0.05, 0.1) is 17.1 Å². The Hall–Kier alpha value is -2.01. The first kappa shape index (κ1) is 14.9. The first-order valence-corrected chi connectivity index (χ1v) is 7.69. The summed E-state index contributed by atoms with van der Waals surface area (Å²) in [6, 6.07) is 11.5. The number of benzene rings is 2. The maximum absolute atomic E-state index is 12.2. The minimum Gasteiger partial charge on any atom is -0.495 e. The zero-order valence-corrected chi connectivity index (χ0v) is 14.2. The second kappa shape index (κ2) is 5.32. The third-order valence-corrected chi connectivity index (χ3v) is 3.85. The Morgan fingerprint density at radius 3 is 2.59 bits per heavy atom. The lowest BCUT2D eigenvalue weighted by molar-refractivity contribution is -0.117. The molecule has 22 heavy (non-hydrogen) atoms. The van der Waals surface area contributed by atoms with E-state index in [4.69, 9.17) is 9.15 Å². The van der Waals surface area contributed by atoms with E-state index >= 15 is 0 Å². The lowest BCUT2D eigenvalue weighted by Gasteiger charge is -2.17. The van der Waals surface area contributed by atoms with Gasteiger partial charge in [-0.05, 0) is 26.0 Å². The van der Waals surface area contributed by atoms with E-state index in [-0.39, 0.29) is 5.91 Å². The van der Waals surface area contributed by atoms with Crippen molar-refractivity contribution in [1.29, 1.82) is 0 Å². The van der Waals surface area contributed by atoms with E-state index in [2.05, 4.69) is 21.2 Å². The van der Waals surface area contributed by atoms with E-state index in [0.29, 0.717) is 17.0 Å². The molecule has 3 rings (SSSR count). The molecule has 1 heterocycles. The van der Waals surface area contributed by atoms with E-state index in [1.54, 1.807) is 27.0 Å². The quantitative estimate of drug-likeness (QED) is 0.687. The number of hydrogen-bond donors (Lipinski definition) is 1. The summed E-state index contributed by atoms with van der Waals surface area (Å²) in [6.07, 6.45) is 0. The van der Waals surface area contributed by atoms with Gasteiger partial charge in [-0.2, -0.15) is 0 Å². The van der Waals surface area contributed by atoms with Crippen LogP contribution in [-0.4, -0.2) is 17.3 Å². The third-order valence-electron chi connectivity index (χ3n) is 3.49. The van der Waals surface area contributed by atoms with Gasteiger partial charge in [0.15, 0.2) is 0 Å². The smallest absolute Gasteiger partial charge is 0.240 e. The molecular formula is C17H16BrNO3. The van der Waals surface area contributed by atoms with Gasteiger partial charge >= 0.3 is 0 Å². The van der Waals surface area contributed by atoms with Crippen LogP contribution in [0.1, 0.15) is 13.8 Å². The van der Waals surface area contributed by atoms with E-state index in [1.165, 1.54) is 0 Å². The fourth-order valence-corrected chi connectivity index (χ4v) is 2.39. The Kier molecular flexibility index (Phi) is 3.60. The average Bonchev–Trinajstić information content (AvgIpc) is 2.82. The van der Waals surface area contributed by atoms with Gasteiger partial charge in [0.2, 0.25) is 5.91 Å². The summed E-state index contributed by atoms with van der Waals surface area (Å²) in [5.74, 6) is 0.449. The lowest BCUT2D eigenvalue weighted by atomic mass is 10.1. The number of amides is 1. The summed E-state index contributed by atoms with van der Waals surface area (Å²) in [5.41, 5.74) is 2.11. The van der Waals surface area contributed by atoms with Gasteiger partial charge in [0, 0.05) is 16.8 Å². The number of carbonyl (C=O) groups excluding carboxylic acids is 1. The molecule has 0 spiro atoms. The van der Waals surface area contributed by atoms with Crippen molar-refractivity contribution in [2.24, 2.45) is 0 Å². The molecule has 0 atom stereocenters. The van der Waals surface area contributed by atoms with Crippen LogP contribution < -0.4 is 10.1 Å². The lowest BCUT2D eigenvalue weighted by Crippen LogP contribution is -2.31. The monoisotopic (exact) mass is 361 g/mol. The van der Waals surface area contributed by atoms with Crippen LogP contribution in [0, 0.1) is 0 Å². The highest BCUT2D eigenvalue weighted by molar-refractivity contribution is 9.10. The molecule has 0 fully saturated rings. The van der Waals surface area contributed by atoms with Crippen molar-refractivity contribution < 1.29 is 13.9 Å². The first-order valence-electron chi connectivity index (χ1n) is 6.90. The molecule has 0 aliphatic rings. The third kappa shape index (κ3) is 2.57. The molecule has 4 nitrogen and oxygen atoms in total. The van der Waals surface area contributed by atoms with Crippen molar-refractivity contribution in [3.63, 3.8) is 0 Å². The van der Waals surface area contributed by atoms with Crippen LogP contribution in [0.3, 0.4) is 0 Å². The molecule has 3 aromatic rings. The maximum Gasteiger partial charge on any atom is 0.240 e. The van der Waals surface area contributed by atoms with Crippen molar-refractivity contribution in [3.05, 3.63) is 36.4 Å². The van der Waals surface area contributed by atoms with E-state index in [9.17, 15) is 4.79 Å². The van der Waals surface area contributed by atoms with Crippen LogP contribution in [0.2, 0.25) is 0 Å². The standard InChI is InChI=1S/C17H16BrNO3/c1-17(2,18)16(20)19-12-9-14-11(8-15(12)21-3)10-6-4-5-7-13(10)22-14/h4-9H,1-3H3,(H,19,20). The van der Waals surface area contributed by atoms with Crippen LogP contribution >= 0.6 is 15.9 Å². The molecule has 1 aromatic heterocycles. The molecule has 0 aliphatic heterocycles. The maximum atomic E-state index is 12.2. The van der Waals surface area contributed by atoms with Gasteiger partial charge in [-0.1, -0.05) is 34.1 Å². The van der Waals surface area contributed by atoms with Gasteiger partial charge in [-0.15, -0.1) is 0 Å². The number of alkyl halides is 1. The molecule has 114 valence electrons. The van der Waals surface area contributed by atoms with Crippen molar-refractivity contribution >= 4 is 49.5 Å². The number of furan rings is 1. The van der Waals surface area contributed by atoms with Crippen molar-refractivity contribution in [2.45, 2.75) is 18.2 Å². The van der Waals surface area contributed by atoms with Gasteiger partial charge in [-0.25, -0.2) is 0 Å². The fourth-order valence-electron chi connectivity index (χ4n) is 2.29. The number of hydrogen-bond acceptors (Lipinski definition) is 3. The summed E-state index contributed by atoms with van der Waals surface area (Å²) in [4.78, 5) is 12.2. The molecule has 1 amide bonds. The first-order chi connectivity index (χ1) is 10.4. The topological polar surface area (TPSA) is 51.5 Å². The predicted octanol–water partition coefficient (Wildman–Crippen LogP) is 4.71. The van der Waals surface area contributed by atoms with Crippen LogP contribution in [-0.2, 0) is 4.79 Å². The Morgan fingerprint density at radius 1 is 1.18 bits per heavy atom. The molecule has 0 bridgehead atoms. The Bertz CT molecular complexity index is 861. The summed E-state index contributed by atoms with van der Waals surface area (Å²) in [6.45, 7) is 3.57. The van der Waals surface area contributed by atoms with Gasteiger partial charge in [-0.3, -0.25) is 4.79 Å². The van der Waals surface area contributed by atoms with Gasteiger partial charge < -0.3 is 14.5 Å². The van der Waals surface area contributed by atoms with Crippen LogP contribution in [0.4, 0.5) is 5.69 Å². The van der Waals surface area contributed by atoms with Crippen molar-refractivity contribution in [1.82, 2.24) is 0 Å². The summed E-state index contributed by atoms with van der Waals surface area (Å²) in [7, 11) is 1.58. The minimum absolute atomic E-state index is 0.152. The van der Waals surface area contributed by atoms with E-state index < -0.39 is 4.32 Å². The Labute approximate surface area is 136 Å². The van der Waals surface area contributed by atoms with E-state index in [0.717, 1.165) is 16.4 Å². The minimum atomic E-state index is -0.666. The predicted molar refractivity (Wildman–Crippen MR) is 91.9 cm³/mol. The number of carbonyl (C=O) groups is 1. The molecular weight excluding hydrogens is 346 g/mol. The van der Waals surface area contributed by atoms with Gasteiger partial charge in [0.1, 0.15) is 16.9 Å². The Balaban J connectivity index is 2.14. The number of halogens is 1. The molecule has 0 radical (unpaired) electrons. The second-order valence-electron chi connectivity index (χ2n) is 5.57. The van der Waals surface area contributed by atoms with Crippen LogP contribution in [0.5, 0.6) is 5.75 Å². The summed E-state index contributed by atoms with van der Waals surface area (Å²) < 4.78 is 10.6. The number of ether oxygens (including phenoxy) is 1. The largest absolute Gasteiger partial charge is 0.495 e. The van der Waals surface area contributed by atoms with Crippen molar-refractivity contribution in [3.8, 4) is 5.75 Å². The highest BCUT2D eigenvalue weighted by Gasteiger charge is 2.25. The van der Waals surface area contributed by atoms with Crippen LogP contribution in [0.25, 0.3) is 21.9 Å². The highest BCUT2D eigenvalue weighted by Crippen LogP contribution is 2.36. The summed E-state index contributed by atoms with van der Waals surface area (Å²) >= 11 is 3.35. The molecule has 0 saturated carbocycles. The SMILES string of the molecule is COc1cc2c(cc1NC(=O)C(C)(C)Br)oc1ccccc12. The normalized spacial score (nSPS) is 11.8.